The molecule has 4 unspecified atom stereocenters. The first-order valence-electron chi connectivity index (χ1n) is 10.5. The summed E-state index contributed by atoms with van der Waals surface area (Å²) in [7, 11) is 0. The lowest BCUT2D eigenvalue weighted by Crippen LogP contribution is -2.56. The van der Waals surface area contributed by atoms with Crippen LogP contribution in [0.2, 0.25) is 0 Å². The SMILES string of the molecule is C#C[C@]1(OC(C)=O)CCC2C3C[C@H](O)C4=CC(=O)CCC4C3CC[C@@]21CC. The normalized spacial score (nSPS) is 45.8. The molecule has 0 spiro atoms. The van der Waals surface area contributed by atoms with Gasteiger partial charge in [-0.05, 0) is 80.3 Å². The maximum Gasteiger partial charge on any atom is 0.304 e. The Morgan fingerprint density at radius 3 is 2.78 bits per heavy atom. The molecule has 0 aromatic rings. The van der Waals surface area contributed by atoms with Gasteiger partial charge in [-0.3, -0.25) is 9.59 Å². The molecular formula is C23H30O4. The molecule has 0 aliphatic heterocycles. The van der Waals surface area contributed by atoms with Crippen molar-refractivity contribution in [2.45, 2.75) is 76.9 Å². The van der Waals surface area contributed by atoms with Gasteiger partial charge < -0.3 is 9.84 Å². The summed E-state index contributed by atoms with van der Waals surface area (Å²) in [4.78, 5) is 23.7. The summed E-state index contributed by atoms with van der Waals surface area (Å²) in [6.45, 7) is 3.61. The number of rotatable bonds is 2. The minimum Gasteiger partial charge on any atom is -0.445 e. The third-order valence-electron chi connectivity index (χ3n) is 8.35. The predicted molar refractivity (Wildman–Crippen MR) is 101 cm³/mol. The van der Waals surface area contributed by atoms with Crippen molar-refractivity contribution in [3.63, 3.8) is 0 Å². The van der Waals surface area contributed by atoms with E-state index < -0.39 is 11.7 Å². The van der Waals surface area contributed by atoms with E-state index in [0.717, 1.165) is 37.7 Å². The summed E-state index contributed by atoms with van der Waals surface area (Å²) in [5.74, 6) is 4.33. The van der Waals surface area contributed by atoms with E-state index in [1.54, 1.807) is 6.08 Å². The number of aliphatic hydroxyl groups excluding tert-OH is 1. The third-order valence-corrected chi connectivity index (χ3v) is 8.35. The zero-order valence-electron chi connectivity index (χ0n) is 16.4. The lowest BCUT2D eigenvalue weighted by molar-refractivity contribution is -0.171. The van der Waals surface area contributed by atoms with Crippen molar-refractivity contribution in [1.29, 1.82) is 0 Å². The second-order valence-electron chi connectivity index (χ2n) is 9.09. The molecule has 146 valence electrons. The highest BCUT2D eigenvalue weighted by Crippen LogP contribution is 2.67. The maximum absolute atomic E-state index is 11.9. The number of terminal acetylenes is 1. The predicted octanol–water partition coefficient (Wildman–Crippen LogP) is 3.42. The molecule has 0 bridgehead atoms. The first-order valence-corrected chi connectivity index (χ1v) is 10.5. The number of esters is 1. The molecule has 4 aliphatic rings. The quantitative estimate of drug-likeness (QED) is 0.597. The Morgan fingerprint density at radius 2 is 2.11 bits per heavy atom. The smallest absolute Gasteiger partial charge is 0.304 e. The molecule has 0 saturated heterocycles. The summed E-state index contributed by atoms with van der Waals surface area (Å²) in [6.07, 6.45) is 13.9. The van der Waals surface area contributed by atoms with E-state index in [0.29, 0.717) is 42.9 Å². The van der Waals surface area contributed by atoms with Crippen LogP contribution in [0.3, 0.4) is 0 Å². The molecule has 0 aromatic carbocycles. The molecule has 4 aliphatic carbocycles. The van der Waals surface area contributed by atoms with Gasteiger partial charge in [-0.1, -0.05) is 12.8 Å². The topological polar surface area (TPSA) is 63.6 Å². The van der Waals surface area contributed by atoms with Crippen molar-refractivity contribution in [1.82, 2.24) is 0 Å². The van der Waals surface area contributed by atoms with Gasteiger partial charge >= 0.3 is 5.97 Å². The van der Waals surface area contributed by atoms with E-state index in [-0.39, 0.29) is 17.2 Å². The van der Waals surface area contributed by atoms with E-state index in [1.807, 2.05) is 0 Å². The zero-order valence-corrected chi connectivity index (χ0v) is 16.4. The van der Waals surface area contributed by atoms with Crippen molar-refractivity contribution in [2.24, 2.45) is 29.1 Å². The monoisotopic (exact) mass is 370 g/mol. The molecule has 0 radical (unpaired) electrons. The largest absolute Gasteiger partial charge is 0.445 e. The fraction of sp³-hybridized carbons (Fsp3) is 0.739. The third kappa shape index (κ3) is 2.54. The zero-order chi connectivity index (χ0) is 19.4. The van der Waals surface area contributed by atoms with Gasteiger partial charge in [0.15, 0.2) is 11.4 Å². The van der Waals surface area contributed by atoms with Gasteiger partial charge in [0.1, 0.15) is 0 Å². The van der Waals surface area contributed by atoms with Crippen LogP contribution in [-0.2, 0) is 14.3 Å². The average Bonchev–Trinajstić information content (AvgIpc) is 2.97. The molecule has 27 heavy (non-hydrogen) atoms. The van der Waals surface area contributed by atoms with Gasteiger partial charge in [0.25, 0.3) is 0 Å². The van der Waals surface area contributed by atoms with Crippen LogP contribution in [-0.4, -0.2) is 28.6 Å². The molecule has 3 saturated carbocycles. The maximum atomic E-state index is 11.9. The van der Waals surface area contributed by atoms with Gasteiger partial charge in [-0.25, -0.2) is 0 Å². The van der Waals surface area contributed by atoms with Gasteiger partial charge in [0, 0.05) is 18.8 Å². The Bertz CT molecular complexity index is 731. The Kier molecular flexibility index (Phi) is 4.50. The molecule has 7 atom stereocenters. The first kappa shape index (κ1) is 18.7. The van der Waals surface area contributed by atoms with Crippen LogP contribution in [0.4, 0.5) is 0 Å². The summed E-state index contributed by atoms with van der Waals surface area (Å²) >= 11 is 0. The first-order chi connectivity index (χ1) is 12.9. The molecule has 0 aromatic heterocycles. The van der Waals surface area contributed by atoms with Crippen molar-refractivity contribution in [2.75, 3.05) is 0 Å². The van der Waals surface area contributed by atoms with Gasteiger partial charge in [-0.15, -0.1) is 6.42 Å². The number of hydrogen-bond acceptors (Lipinski definition) is 4. The van der Waals surface area contributed by atoms with Crippen LogP contribution in [0.15, 0.2) is 11.6 Å². The Hall–Kier alpha value is -1.60. The highest BCUT2D eigenvalue weighted by atomic mass is 16.6. The van der Waals surface area contributed by atoms with Crippen molar-refractivity contribution < 1.29 is 19.4 Å². The molecule has 3 fully saturated rings. The number of carbonyl (C=O) groups is 2. The number of carbonyl (C=O) groups excluding carboxylic acids is 2. The fourth-order valence-corrected chi connectivity index (χ4v) is 7.37. The Labute approximate surface area is 161 Å². The van der Waals surface area contributed by atoms with Gasteiger partial charge in [-0.2, -0.15) is 0 Å². The van der Waals surface area contributed by atoms with E-state index in [1.165, 1.54) is 6.92 Å². The summed E-state index contributed by atoms with van der Waals surface area (Å²) in [5.41, 5.74) is -0.0370. The van der Waals surface area contributed by atoms with E-state index in [2.05, 4.69) is 12.8 Å². The number of hydrogen-bond donors (Lipinski definition) is 1. The van der Waals surface area contributed by atoms with Crippen LogP contribution in [0.5, 0.6) is 0 Å². The lowest BCUT2D eigenvalue weighted by Gasteiger charge is -2.57. The van der Waals surface area contributed by atoms with Crippen LogP contribution in [0.25, 0.3) is 0 Å². The highest BCUT2D eigenvalue weighted by molar-refractivity contribution is 5.91. The molecule has 1 N–H and O–H groups in total. The van der Waals surface area contributed by atoms with Crippen LogP contribution in [0.1, 0.15) is 65.2 Å². The van der Waals surface area contributed by atoms with E-state index >= 15 is 0 Å². The van der Waals surface area contributed by atoms with Gasteiger partial charge in [0.2, 0.25) is 0 Å². The summed E-state index contributed by atoms with van der Waals surface area (Å²) in [5, 5.41) is 10.8. The Balaban J connectivity index is 1.71. The number of fused-ring (bicyclic) bond motifs is 5. The molecule has 4 heteroatoms. The standard InChI is InChI=1S/C23H30O4/c1-4-22-10-8-17-16-7-6-15(25)12-19(16)21(26)13-18(17)20(22)9-11-23(22,5-2)27-14(3)24/h2,12,16-18,20-21,26H,4,6-11,13H2,1,3H3/t16?,17?,18?,20?,21-,22-,23-/m0/s1. The summed E-state index contributed by atoms with van der Waals surface area (Å²) < 4.78 is 5.85. The minimum absolute atomic E-state index is 0.152. The summed E-state index contributed by atoms with van der Waals surface area (Å²) in [6, 6.07) is 0. The molecular weight excluding hydrogens is 340 g/mol. The molecule has 4 nitrogen and oxygen atoms in total. The van der Waals surface area contributed by atoms with Crippen molar-refractivity contribution in [3.05, 3.63) is 11.6 Å². The highest BCUT2D eigenvalue weighted by Gasteiger charge is 2.66. The second-order valence-corrected chi connectivity index (χ2v) is 9.09. The molecule has 4 rings (SSSR count). The van der Waals surface area contributed by atoms with Gasteiger partial charge in [0.05, 0.1) is 6.10 Å². The van der Waals surface area contributed by atoms with Crippen molar-refractivity contribution in [3.8, 4) is 12.3 Å². The molecule has 0 amide bonds. The van der Waals surface area contributed by atoms with E-state index in [9.17, 15) is 14.7 Å². The number of ketones is 1. The second kappa shape index (κ2) is 6.48. The van der Waals surface area contributed by atoms with E-state index in [4.69, 9.17) is 11.2 Å². The fourth-order valence-electron chi connectivity index (χ4n) is 7.37. The Morgan fingerprint density at radius 1 is 1.33 bits per heavy atom. The van der Waals surface area contributed by atoms with Crippen LogP contribution >= 0.6 is 0 Å². The molecule has 0 heterocycles. The van der Waals surface area contributed by atoms with Crippen LogP contribution in [0, 0.1) is 41.4 Å². The number of ether oxygens (including phenoxy) is 1. The average molecular weight is 370 g/mol. The lowest BCUT2D eigenvalue weighted by atomic mass is 9.49. The van der Waals surface area contributed by atoms with Crippen molar-refractivity contribution >= 4 is 11.8 Å². The van der Waals surface area contributed by atoms with Crippen LogP contribution < -0.4 is 0 Å². The number of aliphatic hydroxyl groups is 1. The minimum atomic E-state index is -0.813.